The van der Waals surface area contributed by atoms with Gasteiger partial charge in [0.1, 0.15) is 6.61 Å². The highest BCUT2D eigenvalue weighted by Gasteiger charge is 2.31. The fourth-order valence-electron chi connectivity index (χ4n) is 6.15. The maximum absolute atomic E-state index is 12.8. The molecule has 0 fully saturated rings. The molecule has 0 heterocycles. The van der Waals surface area contributed by atoms with Gasteiger partial charge in [-0.3, -0.25) is 9.59 Å². The third-order valence-corrected chi connectivity index (χ3v) is 9.73. The van der Waals surface area contributed by atoms with Crippen LogP contribution in [0.25, 0.3) is 0 Å². The van der Waals surface area contributed by atoms with Crippen molar-refractivity contribution < 1.29 is 38.2 Å². The number of quaternary nitrogens is 1. The third kappa shape index (κ3) is 41.1. The highest BCUT2D eigenvalue weighted by Crippen LogP contribution is 2.13. The summed E-state index contributed by atoms with van der Waals surface area (Å²) in [6.45, 7) is 4.42. The van der Waals surface area contributed by atoms with Crippen LogP contribution in [-0.4, -0.2) is 80.6 Å². The molecule has 0 aromatic heterocycles. The van der Waals surface area contributed by atoms with Gasteiger partial charge in [-0.2, -0.15) is 0 Å². The Kier molecular flexibility index (Phi) is 39.9. The molecule has 0 saturated heterocycles. The van der Waals surface area contributed by atoms with E-state index >= 15 is 0 Å². The van der Waals surface area contributed by atoms with Gasteiger partial charge in [-0.15, -0.1) is 0 Å². The van der Waals surface area contributed by atoms with Crippen molar-refractivity contribution in [2.24, 2.45) is 0 Å². The van der Waals surface area contributed by atoms with Crippen LogP contribution in [0.3, 0.4) is 0 Å². The number of likely N-dealkylation sites (N-methyl/N-ethyl adjacent to an activating group) is 1. The molecule has 0 aliphatic heterocycles. The Morgan fingerprint density at radius 3 is 1.48 bits per heavy atom. The van der Waals surface area contributed by atoms with Gasteiger partial charge in [-0.25, -0.2) is 4.79 Å². The van der Waals surface area contributed by atoms with Gasteiger partial charge < -0.3 is 23.8 Å². The number of carboxylic acids is 1. The molecule has 0 aromatic rings. The minimum absolute atomic E-state index is 0.0357. The first-order valence-electron chi connectivity index (χ1n) is 23.5. The Bertz CT molecular complexity index is 1360. The van der Waals surface area contributed by atoms with Gasteiger partial charge in [0.2, 0.25) is 0 Å². The van der Waals surface area contributed by atoms with Gasteiger partial charge >= 0.3 is 17.9 Å². The predicted molar refractivity (Wildman–Crippen MR) is 256 cm³/mol. The molecule has 0 radical (unpaired) electrons. The van der Waals surface area contributed by atoms with E-state index in [1.54, 1.807) is 0 Å². The van der Waals surface area contributed by atoms with E-state index in [1.165, 1.54) is 19.3 Å². The summed E-state index contributed by atoms with van der Waals surface area (Å²) in [5.41, 5.74) is 0. The molecule has 0 amide bonds. The molecular formula is C53H86NO7+. The van der Waals surface area contributed by atoms with E-state index in [-0.39, 0.29) is 42.7 Å². The second-order valence-electron chi connectivity index (χ2n) is 16.3. The van der Waals surface area contributed by atoms with E-state index in [1.807, 2.05) is 21.1 Å². The van der Waals surface area contributed by atoms with Crippen LogP contribution in [0.5, 0.6) is 0 Å². The van der Waals surface area contributed by atoms with Crippen LogP contribution < -0.4 is 0 Å². The first-order valence-corrected chi connectivity index (χ1v) is 23.5. The Labute approximate surface area is 372 Å². The molecular weight excluding hydrogens is 763 g/mol. The predicted octanol–water partition coefficient (Wildman–Crippen LogP) is 13.2. The van der Waals surface area contributed by atoms with Crippen molar-refractivity contribution in [3.8, 4) is 0 Å². The molecule has 0 aromatic carbocycles. The Morgan fingerprint density at radius 1 is 0.508 bits per heavy atom. The number of carbonyl (C=O) groups excluding carboxylic acids is 2. The molecule has 8 heteroatoms. The number of hydrogen-bond acceptors (Lipinski definition) is 6. The zero-order chi connectivity index (χ0) is 44.9. The lowest BCUT2D eigenvalue weighted by molar-refractivity contribution is -0.887. The minimum Gasteiger partial charge on any atom is -0.477 e. The molecule has 8 nitrogen and oxygen atoms in total. The average molecular weight is 849 g/mol. The van der Waals surface area contributed by atoms with E-state index in [2.05, 4.69) is 123 Å². The third-order valence-electron chi connectivity index (χ3n) is 9.73. The lowest BCUT2D eigenvalue weighted by Crippen LogP contribution is -2.50. The number of esters is 2. The topological polar surface area (TPSA) is 99.1 Å². The highest BCUT2D eigenvalue weighted by atomic mass is 16.6. The van der Waals surface area contributed by atoms with E-state index in [9.17, 15) is 19.5 Å². The van der Waals surface area contributed by atoms with Crippen LogP contribution in [0.4, 0.5) is 0 Å². The molecule has 2 atom stereocenters. The van der Waals surface area contributed by atoms with Crippen molar-refractivity contribution in [2.75, 3.05) is 41.0 Å². The van der Waals surface area contributed by atoms with Gasteiger partial charge in [0.05, 0.1) is 34.4 Å². The number of rotatable bonds is 40. The molecule has 344 valence electrons. The Hall–Kier alpha value is -4.01. The van der Waals surface area contributed by atoms with Crippen LogP contribution in [0.2, 0.25) is 0 Å². The number of allylic oxidation sites excluding steroid dienone is 18. The molecule has 0 aliphatic carbocycles. The fraction of sp³-hybridized carbons (Fsp3) is 0.604. The van der Waals surface area contributed by atoms with Crippen LogP contribution in [0.15, 0.2) is 109 Å². The zero-order valence-electron chi connectivity index (χ0n) is 39.1. The minimum atomic E-state index is -0.888. The van der Waals surface area contributed by atoms with Gasteiger partial charge in [-0.05, 0) is 83.5 Å². The lowest BCUT2D eigenvalue weighted by Gasteiger charge is -2.31. The molecule has 0 spiro atoms. The first kappa shape index (κ1) is 57.0. The second kappa shape index (κ2) is 42.7. The summed E-state index contributed by atoms with van der Waals surface area (Å²) in [4.78, 5) is 37.1. The van der Waals surface area contributed by atoms with Crippen molar-refractivity contribution in [3.63, 3.8) is 0 Å². The number of carboxylic acid groups (broad SMARTS) is 1. The quantitative estimate of drug-likeness (QED) is 0.0215. The largest absolute Gasteiger partial charge is 0.477 e. The molecule has 0 rings (SSSR count). The first-order chi connectivity index (χ1) is 29.6. The number of hydrogen-bond donors (Lipinski definition) is 1. The van der Waals surface area contributed by atoms with Crippen LogP contribution in [0.1, 0.15) is 155 Å². The van der Waals surface area contributed by atoms with Gasteiger partial charge in [0, 0.05) is 19.3 Å². The average Bonchev–Trinajstić information content (AvgIpc) is 3.22. The summed E-state index contributed by atoms with van der Waals surface area (Å²) in [6.07, 6.45) is 58.5. The molecule has 0 aliphatic rings. The van der Waals surface area contributed by atoms with Crippen LogP contribution in [-0.2, 0) is 28.6 Å². The molecule has 0 saturated carbocycles. The van der Waals surface area contributed by atoms with Crippen molar-refractivity contribution in [1.82, 2.24) is 0 Å². The fourth-order valence-corrected chi connectivity index (χ4v) is 6.15. The number of ether oxygens (including phenoxy) is 3. The normalized spacial score (nSPS) is 13.9. The molecule has 0 bridgehead atoms. The SMILES string of the molecule is CC/C=C/C=C/C=C/CCCCCCCCCC(=O)OCC(COCCC(C(=O)O)[N+](C)(C)C)OC(=O)CCCCC/C=C/C/C=C/C/C=C/C/C=C/C/C=C/C/C=C/CC. The molecule has 61 heavy (non-hydrogen) atoms. The summed E-state index contributed by atoms with van der Waals surface area (Å²) in [7, 11) is 5.50. The summed E-state index contributed by atoms with van der Waals surface area (Å²) in [5.74, 6) is -1.54. The Balaban J connectivity index is 4.42. The van der Waals surface area contributed by atoms with Gasteiger partial charge in [0.25, 0.3) is 0 Å². The van der Waals surface area contributed by atoms with E-state index in [4.69, 9.17) is 14.2 Å². The van der Waals surface area contributed by atoms with E-state index < -0.39 is 18.1 Å². The maximum atomic E-state index is 12.8. The van der Waals surface area contributed by atoms with Crippen LogP contribution >= 0.6 is 0 Å². The lowest BCUT2D eigenvalue weighted by atomic mass is 10.1. The standard InChI is InChI=1S/C53H85NO7/c1-6-8-10-12-14-16-18-20-22-23-24-25-26-27-28-30-32-34-36-38-40-42-44-52(56)61-49(47-59-46-45-50(53(57)58)54(3,4)5)48-60-51(55)43-41-39-37-35-33-31-29-21-19-17-15-13-11-9-7-2/h8-11,13-17,19-20,22,24-25,27-28,32,34,49-50H,6-7,12,18,21,23,26,29-31,33,35-48H2,1-5H3/p+1/b10-8+,11-9+,15-13+,16-14+,19-17+,22-20+,25-24+,28-27+,34-32+. The van der Waals surface area contributed by atoms with Crippen molar-refractivity contribution in [3.05, 3.63) is 109 Å². The zero-order valence-corrected chi connectivity index (χ0v) is 39.1. The monoisotopic (exact) mass is 849 g/mol. The summed E-state index contributed by atoms with van der Waals surface area (Å²) < 4.78 is 17.3. The smallest absolute Gasteiger partial charge is 0.362 e. The molecule has 2 unspecified atom stereocenters. The van der Waals surface area contributed by atoms with E-state index in [0.29, 0.717) is 19.3 Å². The summed E-state index contributed by atoms with van der Waals surface area (Å²) in [6, 6.07) is -0.630. The second-order valence-corrected chi connectivity index (χ2v) is 16.3. The number of nitrogens with zero attached hydrogens (tertiary/aromatic N) is 1. The van der Waals surface area contributed by atoms with E-state index in [0.717, 1.165) is 96.3 Å². The molecule has 1 N–H and O–H groups in total. The van der Waals surface area contributed by atoms with Gasteiger partial charge in [-0.1, -0.05) is 162 Å². The summed E-state index contributed by atoms with van der Waals surface area (Å²) in [5, 5.41) is 9.64. The van der Waals surface area contributed by atoms with Crippen molar-refractivity contribution in [2.45, 2.75) is 167 Å². The van der Waals surface area contributed by atoms with Crippen LogP contribution in [0, 0.1) is 0 Å². The maximum Gasteiger partial charge on any atom is 0.362 e. The number of aliphatic carboxylic acids is 1. The number of unbranched alkanes of at least 4 members (excludes halogenated alkanes) is 10. The number of carbonyl (C=O) groups is 3. The van der Waals surface area contributed by atoms with Crippen molar-refractivity contribution >= 4 is 17.9 Å². The summed E-state index contributed by atoms with van der Waals surface area (Å²) >= 11 is 0. The Morgan fingerprint density at radius 2 is 0.951 bits per heavy atom. The highest BCUT2D eigenvalue weighted by molar-refractivity contribution is 5.72. The van der Waals surface area contributed by atoms with Gasteiger partial charge in [0.15, 0.2) is 12.1 Å². The van der Waals surface area contributed by atoms with Crippen molar-refractivity contribution in [1.29, 1.82) is 0 Å².